The van der Waals surface area contributed by atoms with Crippen LogP contribution < -0.4 is 5.73 Å². The number of hydrogen-bond acceptors (Lipinski definition) is 2. The molecule has 1 saturated carbocycles. The minimum atomic E-state index is 0.597. The Hall–Kier alpha value is -1.29. The van der Waals surface area contributed by atoms with Crippen molar-refractivity contribution in [3.63, 3.8) is 0 Å². The van der Waals surface area contributed by atoms with Crippen LogP contribution in [0, 0.1) is 5.92 Å². The number of nitrogens with two attached hydrogens (primary N) is 1. The van der Waals surface area contributed by atoms with Crippen LogP contribution in [0.5, 0.6) is 0 Å². The molecule has 1 aliphatic rings. The van der Waals surface area contributed by atoms with Crippen LogP contribution in [0.3, 0.4) is 0 Å². The quantitative estimate of drug-likeness (QED) is 0.892. The lowest BCUT2D eigenvalue weighted by Crippen LogP contribution is -2.01. The number of anilines is 1. The fraction of sp³-hybridized carbons (Fsp3) is 0.400. The molecule has 0 aliphatic heterocycles. The van der Waals surface area contributed by atoms with E-state index in [0.717, 1.165) is 27.9 Å². The Morgan fingerprint density at radius 3 is 2.74 bits per heavy atom. The molecule has 1 fully saturated rings. The van der Waals surface area contributed by atoms with Crippen molar-refractivity contribution >= 4 is 21.7 Å². The lowest BCUT2D eigenvalue weighted by Gasteiger charge is -2.10. The van der Waals surface area contributed by atoms with Gasteiger partial charge in [0.2, 0.25) is 0 Å². The Labute approximate surface area is 121 Å². The van der Waals surface area contributed by atoms with Gasteiger partial charge in [-0.15, -0.1) is 0 Å². The van der Waals surface area contributed by atoms with Gasteiger partial charge >= 0.3 is 0 Å². The molecule has 4 heteroatoms. The summed E-state index contributed by atoms with van der Waals surface area (Å²) in [5.41, 5.74) is 9.43. The van der Waals surface area contributed by atoms with Gasteiger partial charge in [0.25, 0.3) is 0 Å². The summed E-state index contributed by atoms with van der Waals surface area (Å²) in [5.74, 6) is 1.38. The summed E-state index contributed by atoms with van der Waals surface area (Å²) in [5, 5.41) is 7.34. The van der Waals surface area contributed by atoms with Gasteiger partial charge < -0.3 is 5.73 Å². The van der Waals surface area contributed by atoms with Crippen LogP contribution in [0.4, 0.5) is 5.82 Å². The molecule has 100 valence electrons. The first kappa shape index (κ1) is 12.7. The van der Waals surface area contributed by atoms with Crippen LogP contribution in [0.15, 0.2) is 28.7 Å². The predicted molar refractivity (Wildman–Crippen MR) is 81.8 cm³/mol. The van der Waals surface area contributed by atoms with E-state index in [1.807, 2.05) is 18.2 Å². The second-order valence-corrected chi connectivity index (χ2v) is 6.15. The van der Waals surface area contributed by atoms with Crippen LogP contribution in [0.2, 0.25) is 0 Å². The molecule has 3 rings (SSSR count). The normalized spacial score (nSPS) is 16.1. The third-order valence-electron chi connectivity index (χ3n) is 3.98. The zero-order valence-electron chi connectivity index (χ0n) is 10.8. The van der Waals surface area contributed by atoms with Crippen LogP contribution in [-0.4, -0.2) is 10.2 Å². The zero-order chi connectivity index (χ0) is 13.2. The van der Waals surface area contributed by atoms with Crippen LogP contribution in [0.25, 0.3) is 11.1 Å². The molecule has 1 heterocycles. The van der Waals surface area contributed by atoms with Crippen molar-refractivity contribution in [2.75, 3.05) is 5.73 Å². The smallest absolute Gasteiger partial charge is 0.153 e. The number of rotatable bonds is 3. The lowest BCUT2D eigenvalue weighted by molar-refractivity contribution is 0.539. The van der Waals surface area contributed by atoms with E-state index in [2.05, 4.69) is 32.2 Å². The number of aromatic nitrogens is 2. The topological polar surface area (TPSA) is 54.7 Å². The largest absolute Gasteiger partial charge is 0.382 e. The lowest BCUT2D eigenvalue weighted by atomic mass is 9.96. The van der Waals surface area contributed by atoms with Crippen molar-refractivity contribution in [3.8, 4) is 11.1 Å². The van der Waals surface area contributed by atoms with Crippen LogP contribution in [0.1, 0.15) is 31.4 Å². The van der Waals surface area contributed by atoms with E-state index < -0.39 is 0 Å². The molecule has 19 heavy (non-hydrogen) atoms. The first-order chi connectivity index (χ1) is 9.25. The maximum Gasteiger partial charge on any atom is 0.153 e. The third-order valence-corrected chi connectivity index (χ3v) is 4.67. The van der Waals surface area contributed by atoms with Gasteiger partial charge in [0.05, 0.1) is 0 Å². The number of halogens is 1. The zero-order valence-corrected chi connectivity index (χ0v) is 12.4. The molecule has 0 saturated heterocycles. The van der Waals surface area contributed by atoms with Crippen molar-refractivity contribution in [1.29, 1.82) is 0 Å². The van der Waals surface area contributed by atoms with E-state index in [0.29, 0.717) is 5.82 Å². The van der Waals surface area contributed by atoms with Crippen LogP contribution in [-0.2, 0) is 6.42 Å². The summed E-state index contributed by atoms with van der Waals surface area (Å²) in [6, 6.07) is 8.18. The number of nitrogens with one attached hydrogen (secondary N) is 1. The van der Waals surface area contributed by atoms with E-state index in [1.165, 1.54) is 31.4 Å². The maximum atomic E-state index is 6.05. The van der Waals surface area contributed by atoms with E-state index >= 15 is 0 Å². The highest BCUT2D eigenvalue weighted by Crippen LogP contribution is 2.36. The van der Waals surface area contributed by atoms with Gasteiger partial charge in [0, 0.05) is 21.3 Å². The highest BCUT2D eigenvalue weighted by molar-refractivity contribution is 9.10. The Morgan fingerprint density at radius 2 is 2.00 bits per heavy atom. The van der Waals surface area contributed by atoms with Gasteiger partial charge in [0.15, 0.2) is 5.82 Å². The monoisotopic (exact) mass is 319 g/mol. The second kappa shape index (κ2) is 5.37. The van der Waals surface area contributed by atoms with E-state index in [1.54, 1.807) is 0 Å². The van der Waals surface area contributed by atoms with Crippen LogP contribution >= 0.6 is 15.9 Å². The average Bonchev–Trinajstić information content (AvgIpc) is 3.02. The summed E-state index contributed by atoms with van der Waals surface area (Å²) in [7, 11) is 0. The summed E-state index contributed by atoms with van der Waals surface area (Å²) in [4.78, 5) is 0. The number of nitrogen functional groups attached to an aromatic ring is 1. The van der Waals surface area contributed by atoms with Gasteiger partial charge in [-0.3, -0.25) is 5.10 Å². The molecule has 1 aromatic heterocycles. The molecule has 3 nitrogen and oxygen atoms in total. The van der Waals surface area contributed by atoms with Gasteiger partial charge in [0.1, 0.15) is 0 Å². The van der Waals surface area contributed by atoms with Crippen molar-refractivity contribution in [2.24, 2.45) is 5.92 Å². The third kappa shape index (κ3) is 2.54. The first-order valence-corrected chi connectivity index (χ1v) is 7.62. The van der Waals surface area contributed by atoms with E-state index in [-0.39, 0.29) is 0 Å². The number of nitrogens with zero attached hydrogens (tertiary/aromatic N) is 1. The molecule has 0 atom stereocenters. The molecule has 0 spiro atoms. The summed E-state index contributed by atoms with van der Waals surface area (Å²) >= 11 is 3.60. The van der Waals surface area contributed by atoms with Crippen molar-refractivity contribution in [3.05, 3.63) is 34.4 Å². The minimum absolute atomic E-state index is 0.597. The molecule has 0 bridgehead atoms. The number of H-pyrrole nitrogens is 1. The van der Waals surface area contributed by atoms with Crippen molar-refractivity contribution in [1.82, 2.24) is 10.2 Å². The molecule has 2 aromatic rings. The number of hydrogen-bond donors (Lipinski definition) is 2. The number of benzene rings is 1. The van der Waals surface area contributed by atoms with E-state index in [9.17, 15) is 0 Å². The van der Waals surface area contributed by atoms with E-state index in [4.69, 9.17) is 5.73 Å². The molecular formula is C15H18BrN3. The van der Waals surface area contributed by atoms with Crippen molar-refractivity contribution in [2.45, 2.75) is 32.1 Å². The Balaban J connectivity index is 1.96. The Bertz CT molecular complexity index is 571. The standard InChI is InChI=1S/C15H18BrN3/c16-12-8-4-3-7-11(12)14-13(18-19-15(14)17)9-10-5-1-2-6-10/h3-4,7-8,10H,1-2,5-6,9H2,(H3,17,18,19). The first-order valence-electron chi connectivity index (χ1n) is 6.83. The fourth-order valence-electron chi connectivity index (χ4n) is 3.01. The van der Waals surface area contributed by atoms with Gasteiger partial charge in [-0.25, -0.2) is 0 Å². The Morgan fingerprint density at radius 1 is 1.26 bits per heavy atom. The summed E-state index contributed by atoms with van der Waals surface area (Å²) < 4.78 is 1.07. The molecule has 1 aliphatic carbocycles. The predicted octanol–water partition coefficient (Wildman–Crippen LogP) is 4.15. The minimum Gasteiger partial charge on any atom is -0.382 e. The SMILES string of the molecule is Nc1n[nH]c(CC2CCCC2)c1-c1ccccc1Br. The second-order valence-electron chi connectivity index (χ2n) is 5.30. The molecule has 3 N–H and O–H groups in total. The van der Waals surface area contributed by atoms with Gasteiger partial charge in [-0.1, -0.05) is 59.8 Å². The Kier molecular flexibility index (Phi) is 3.60. The van der Waals surface area contributed by atoms with Gasteiger partial charge in [-0.2, -0.15) is 5.10 Å². The molecular weight excluding hydrogens is 302 g/mol. The molecule has 0 radical (unpaired) electrons. The summed E-state index contributed by atoms with van der Waals surface area (Å²) in [6.07, 6.45) is 6.43. The maximum absolute atomic E-state index is 6.05. The summed E-state index contributed by atoms with van der Waals surface area (Å²) in [6.45, 7) is 0. The molecule has 1 aromatic carbocycles. The fourth-order valence-corrected chi connectivity index (χ4v) is 3.49. The average molecular weight is 320 g/mol. The number of aromatic amines is 1. The van der Waals surface area contributed by atoms with Crippen molar-refractivity contribution < 1.29 is 0 Å². The highest BCUT2D eigenvalue weighted by Gasteiger charge is 2.21. The van der Waals surface area contributed by atoms with Gasteiger partial charge in [-0.05, 0) is 18.4 Å². The molecule has 0 amide bonds. The highest BCUT2D eigenvalue weighted by atomic mass is 79.9. The molecule has 0 unspecified atom stereocenters.